The lowest BCUT2D eigenvalue weighted by Crippen LogP contribution is -2.27. The van der Waals surface area contributed by atoms with Gasteiger partial charge in [0.15, 0.2) is 0 Å². The minimum Gasteiger partial charge on any atom is -0.346 e. The summed E-state index contributed by atoms with van der Waals surface area (Å²) in [5, 5.41) is 0. The fourth-order valence-electron chi connectivity index (χ4n) is 1.05. The third-order valence-electron chi connectivity index (χ3n) is 1.77. The standard InChI is InChI=1S/C9H20N2O2/c1-4-7-11(3)9(12)6-5-8-13-10-2/h10H,4-8H2,1-3H3. The average Bonchev–Trinajstić information content (AvgIpc) is 2.12. The Hall–Kier alpha value is -0.610. The molecule has 78 valence electrons. The minimum absolute atomic E-state index is 0.196. The molecule has 0 saturated carbocycles. The molecule has 0 atom stereocenters. The largest absolute Gasteiger partial charge is 0.346 e. The van der Waals surface area contributed by atoms with E-state index in [0.717, 1.165) is 19.4 Å². The van der Waals surface area contributed by atoms with Gasteiger partial charge in [0.2, 0.25) is 5.91 Å². The van der Waals surface area contributed by atoms with E-state index in [1.54, 1.807) is 11.9 Å². The van der Waals surface area contributed by atoms with Gasteiger partial charge in [0.1, 0.15) is 0 Å². The second-order valence-corrected chi connectivity index (χ2v) is 2.97. The lowest BCUT2D eigenvalue weighted by molar-refractivity contribution is -0.130. The first-order valence-corrected chi connectivity index (χ1v) is 4.74. The van der Waals surface area contributed by atoms with Gasteiger partial charge >= 0.3 is 0 Å². The number of carbonyl (C=O) groups is 1. The van der Waals surface area contributed by atoms with Gasteiger partial charge in [-0.05, 0) is 12.8 Å². The van der Waals surface area contributed by atoms with Crippen molar-refractivity contribution in [1.82, 2.24) is 10.4 Å². The summed E-state index contributed by atoms with van der Waals surface area (Å²) in [6.07, 6.45) is 2.35. The molecule has 0 fully saturated rings. The highest BCUT2D eigenvalue weighted by Crippen LogP contribution is 1.96. The van der Waals surface area contributed by atoms with Crippen LogP contribution in [0.2, 0.25) is 0 Å². The summed E-state index contributed by atoms with van der Waals surface area (Å²) in [5.41, 5.74) is 2.57. The van der Waals surface area contributed by atoms with Crippen molar-refractivity contribution in [2.45, 2.75) is 26.2 Å². The highest BCUT2D eigenvalue weighted by Gasteiger charge is 2.06. The average molecular weight is 188 g/mol. The monoisotopic (exact) mass is 188 g/mol. The molecule has 0 aromatic rings. The van der Waals surface area contributed by atoms with Gasteiger partial charge in [-0.15, -0.1) is 0 Å². The van der Waals surface area contributed by atoms with Crippen molar-refractivity contribution in [3.8, 4) is 0 Å². The van der Waals surface area contributed by atoms with Crippen molar-refractivity contribution in [1.29, 1.82) is 0 Å². The number of nitrogens with one attached hydrogen (secondary N) is 1. The molecule has 0 bridgehead atoms. The summed E-state index contributed by atoms with van der Waals surface area (Å²) in [6, 6.07) is 0. The molecule has 0 aromatic heterocycles. The number of carbonyl (C=O) groups excluding carboxylic acids is 1. The zero-order valence-corrected chi connectivity index (χ0v) is 8.80. The van der Waals surface area contributed by atoms with Crippen LogP contribution in [-0.4, -0.2) is 38.1 Å². The Labute approximate surface area is 80.2 Å². The molecule has 0 rings (SSSR count). The van der Waals surface area contributed by atoms with E-state index in [2.05, 4.69) is 12.4 Å². The zero-order chi connectivity index (χ0) is 10.1. The lowest BCUT2D eigenvalue weighted by Gasteiger charge is -2.15. The molecule has 4 heteroatoms. The van der Waals surface area contributed by atoms with Crippen LogP contribution in [0.5, 0.6) is 0 Å². The first-order valence-electron chi connectivity index (χ1n) is 4.74. The van der Waals surface area contributed by atoms with Gasteiger partial charge in [-0.3, -0.25) is 4.79 Å². The molecular formula is C9H20N2O2. The topological polar surface area (TPSA) is 41.6 Å². The first kappa shape index (κ1) is 12.4. The van der Waals surface area contributed by atoms with E-state index >= 15 is 0 Å². The summed E-state index contributed by atoms with van der Waals surface area (Å²) in [5.74, 6) is 0.196. The second-order valence-electron chi connectivity index (χ2n) is 2.97. The van der Waals surface area contributed by atoms with E-state index in [-0.39, 0.29) is 5.91 Å². The van der Waals surface area contributed by atoms with Crippen LogP contribution in [0.1, 0.15) is 26.2 Å². The summed E-state index contributed by atoms with van der Waals surface area (Å²) >= 11 is 0. The predicted molar refractivity (Wildman–Crippen MR) is 52.2 cm³/mol. The Morgan fingerprint density at radius 3 is 2.77 bits per heavy atom. The minimum atomic E-state index is 0.196. The molecule has 0 saturated heterocycles. The Balaban J connectivity index is 3.38. The maximum atomic E-state index is 11.3. The molecule has 0 heterocycles. The smallest absolute Gasteiger partial charge is 0.222 e. The van der Waals surface area contributed by atoms with E-state index in [9.17, 15) is 4.79 Å². The fraction of sp³-hybridized carbons (Fsp3) is 0.889. The van der Waals surface area contributed by atoms with Crippen molar-refractivity contribution in [2.24, 2.45) is 0 Å². The summed E-state index contributed by atoms with van der Waals surface area (Å²) in [4.78, 5) is 18.0. The number of nitrogens with zero attached hydrogens (tertiary/aromatic N) is 1. The first-order chi connectivity index (χ1) is 6.22. The zero-order valence-electron chi connectivity index (χ0n) is 8.80. The highest BCUT2D eigenvalue weighted by molar-refractivity contribution is 5.75. The third kappa shape index (κ3) is 6.54. The maximum Gasteiger partial charge on any atom is 0.222 e. The number of hydrogen-bond acceptors (Lipinski definition) is 3. The lowest BCUT2D eigenvalue weighted by atomic mass is 10.3. The second kappa shape index (κ2) is 8.01. The van der Waals surface area contributed by atoms with Crippen LogP contribution in [0, 0.1) is 0 Å². The van der Waals surface area contributed by atoms with Gasteiger partial charge in [-0.1, -0.05) is 6.92 Å². The van der Waals surface area contributed by atoms with Crippen molar-refractivity contribution in [2.75, 3.05) is 27.2 Å². The van der Waals surface area contributed by atoms with Gasteiger partial charge < -0.3 is 9.74 Å². The molecule has 1 N–H and O–H groups in total. The molecule has 0 aliphatic carbocycles. The van der Waals surface area contributed by atoms with Crippen molar-refractivity contribution in [3.63, 3.8) is 0 Å². The van der Waals surface area contributed by atoms with Crippen LogP contribution >= 0.6 is 0 Å². The van der Waals surface area contributed by atoms with Crippen LogP contribution in [0.25, 0.3) is 0 Å². The molecule has 0 aliphatic rings. The molecule has 0 aromatic carbocycles. The van der Waals surface area contributed by atoms with Gasteiger partial charge in [-0.2, -0.15) is 0 Å². The van der Waals surface area contributed by atoms with Gasteiger partial charge in [0.05, 0.1) is 6.61 Å². The number of hydroxylamine groups is 1. The van der Waals surface area contributed by atoms with Crippen molar-refractivity contribution < 1.29 is 9.63 Å². The van der Waals surface area contributed by atoms with Gasteiger partial charge in [-0.25, -0.2) is 5.48 Å². The number of hydrogen-bond donors (Lipinski definition) is 1. The molecule has 0 spiro atoms. The SMILES string of the molecule is CCCN(C)C(=O)CCCONC. The Bertz CT molecular complexity index is 140. The Morgan fingerprint density at radius 2 is 2.23 bits per heavy atom. The Kier molecular flexibility index (Phi) is 7.63. The maximum absolute atomic E-state index is 11.3. The summed E-state index contributed by atoms with van der Waals surface area (Å²) in [6.45, 7) is 3.49. The number of rotatable bonds is 7. The molecule has 0 unspecified atom stereocenters. The summed E-state index contributed by atoms with van der Waals surface area (Å²) < 4.78 is 0. The summed E-state index contributed by atoms with van der Waals surface area (Å²) in [7, 11) is 3.55. The van der Waals surface area contributed by atoms with Crippen LogP contribution in [0.4, 0.5) is 0 Å². The molecule has 13 heavy (non-hydrogen) atoms. The molecular weight excluding hydrogens is 168 g/mol. The van der Waals surface area contributed by atoms with E-state index in [4.69, 9.17) is 4.84 Å². The molecule has 0 radical (unpaired) electrons. The van der Waals surface area contributed by atoms with Crippen LogP contribution in [-0.2, 0) is 9.63 Å². The molecule has 1 amide bonds. The number of amides is 1. The van der Waals surface area contributed by atoms with Crippen LogP contribution in [0.15, 0.2) is 0 Å². The van der Waals surface area contributed by atoms with Gasteiger partial charge in [0, 0.05) is 27.1 Å². The van der Waals surface area contributed by atoms with E-state index < -0.39 is 0 Å². The van der Waals surface area contributed by atoms with Gasteiger partial charge in [0.25, 0.3) is 0 Å². The van der Waals surface area contributed by atoms with Crippen molar-refractivity contribution in [3.05, 3.63) is 0 Å². The molecule has 4 nitrogen and oxygen atoms in total. The fourth-order valence-corrected chi connectivity index (χ4v) is 1.05. The van der Waals surface area contributed by atoms with Crippen molar-refractivity contribution >= 4 is 5.91 Å². The van der Waals surface area contributed by atoms with E-state index in [1.807, 2.05) is 7.05 Å². The third-order valence-corrected chi connectivity index (χ3v) is 1.77. The Morgan fingerprint density at radius 1 is 1.54 bits per heavy atom. The van der Waals surface area contributed by atoms with Crippen LogP contribution in [0.3, 0.4) is 0 Å². The van der Waals surface area contributed by atoms with E-state index in [1.165, 1.54) is 0 Å². The van der Waals surface area contributed by atoms with E-state index in [0.29, 0.717) is 13.0 Å². The normalized spacial score (nSPS) is 10.1. The van der Waals surface area contributed by atoms with Crippen LogP contribution < -0.4 is 5.48 Å². The quantitative estimate of drug-likeness (QED) is 0.474. The highest BCUT2D eigenvalue weighted by atomic mass is 16.6. The molecule has 0 aliphatic heterocycles. The predicted octanol–water partition coefficient (Wildman–Crippen LogP) is 0.786.